The van der Waals surface area contributed by atoms with Gasteiger partial charge in [-0.25, -0.2) is 4.79 Å². The lowest BCUT2D eigenvalue weighted by Crippen LogP contribution is -2.57. The summed E-state index contributed by atoms with van der Waals surface area (Å²) in [7, 11) is 1.67. The van der Waals surface area contributed by atoms with Gasteiger partial charge in [0.2, 0.25) is 0 Å². The Morgan fingerprint density at radius 3 is 2.42 bits per heavy atom. The Kier molecular flexibility index (Phi) is 7.54. The minimum atomic E-state index is -1.02. The van der Waals surface area contributed by atoms with Gasteiger partial charge in [0.15, 0.2) is 6.35 Å². The predicted octanol–water partition coefficient (Wildman–Crippen LogP) is 6.10. The van der Waals surface area contributed by atoms with E-state index >= 15 is 0 Å². The highest BCUT2D eigenvalue weighted by Crippen LogP contribution is 2.51. The molecular weight excluding hydrogens is 476 g/mol. The Bertz CT molecular complexity index is 1130. The Morgan fingerprint density at radius 1 is 1.19 bits per heavy atom. The number of carboxylic acids is 1. The van der Waals surface area contributed by atoms with Crippen molar-refractivity contribution in [1.82, 2.24) is 5.32 Å². The lowest BCUT2D eigenvalue weighted by atomic mass is 9.61. The number of ether oxygens (including phenoxy) is 1. The van der Waals surface area contributed by atoms with Gasteiger partial charge in [-0.3, -0.25) is 5.32 Å². The number of hydrogen-bond donors (Lipinski definition) is 3. The molecule has 36 heavy (non-hydrogen) atoms. The zero-order valence-corrected chi connectivity index (χ0v) is 22.5. The summed E-state index contributed by atoms with van der Waals surface area (Å²) in [6, 6.07) is 12.7. The van der Waals surface area contributed by atoms with Crippen LogP contribution in [0.1, 0.15) is 74.4 Å². The van der Waals surface area contributed by atoms with Crippen molar-refractivity contribution in [2.45, 2.75) is 64.8 Å². The van der Waals surface area contributed by atoms with Crippen LogP contribution in [0.25, 0.3) is 0 Å². The van der Waals surface area contributed by atoms with E-state index < -0.39 is 17.9 Å². The fourth-order valence-corrected chi connectivity index (χ4v) is 5.66. The van der Waals surface area contributed by atoms with Gasteiger partial charge in [0, 0.05) is 24.0 Å². The zero-order chi connectivity index (χ0) is 26.3. The van der Waals surface area contributed by atoms with E-state index in [0.717, 1.165) is 29.0 Å². The molecule has 3 N–H and O–H groups in total. The quantitative estimate of drug-likeness (QED) is 0.416. The number of halogens is 1. The molecule has 0 aromatic heterocycles. The van der Waals surface area contributed by atoms with Crippen LogP contribution in [0, 0.1) is 11.3 Å². The summed E-state index contributed by atoms with van der Waals surface area (Å²) >= 11 is 6.84. The first kappa shape index (κ1) is 26.7. The number of anilines is 1. The van der Waals surface area contributed by atoms with Gasteiger partial charge in [-0.2, -0.15) is 0 Å². The van der Waals surface area contributed by atoms with Crippen LogP contribution in [-0.2, 0) is 10.3 Å². The first-order valence-electron chi connectivity index (χ1n) is 12.5. The molecule has 1 saturated carbocycles. The fourth-order valence-electron chi connectivity index (χ4n) is 5.32. The fraction of sp³-hybridized carbons (Fsp3) is 0.483. The summed E-state index contributed by atoms with van der Waals surface area (Å²) in [4.78, 5) is 12.9. The maximum Gasteiger partial charge on any atom is 0.335 e. The Labute approximate surface area is 218 Å². The summed E-state index contributed by atoms with van der Waals surface area (Å²) in [6.45, 7) is 9.48. The minimum absolute atomic E-state index is 0.196. The Hall–Kier alpha value is -2.38. The third-order valence-corrected chi connectivity index (χ3v) is 8.31. The van der Waals surface area contributed by atoms with Crippen molar-refractivity contribution in [2.24, 2.45) is 11.3 Å². The molecule has 0 bridgehead atoms. The topological polar surface area (TPSA) is 82.0 Å². The van der Waals surface area contributed by atoms with E-state index in [1.807, 2.05) is 19.2 Å². The number of hydrogen-bond acceptors (Lipinski definition) is 5. The van der Waals surface area contributed by atoms with Gasteiger partial charge in [-0.15, -0.1) is 0 Å². The van der Waals surface area contributed by atoms with Gasteiger partial charge >= 0.3 is 5.97 Å². The molecule has 2 atom stereocenters. The Morgan fingerprint density at radius 2 is 1.86 bits per heavy atom. The predicted molar refractivity (Wildman–Crippen MR) is 143 cm³/mol. The minimum Gasteiger partial charge on any atom is -0.478 e. The number of nitrogens with one attached hydrogen (secondary N) is 1. The van der Waals surface area contributed by atoms with Gasteiger partial charge in [0.25, 0.3) is 0 Å². The van der Waals surface area contributed by atoms with Gasteiger partial charge in [-0.05, 0) is 90.5 Å². The third-order valence-electron chi connectivity index (χ3n) is 7.99. The smallest absolute Gasteiger partial charge is 0.335 e. The first-order valence-corrected chi connectivity index (χ1v) is 12.9. The van der Waals surface area contributed by atoms with Crippen LogP contribution in [-0.4, -0.2) is 36.3 Å². The highest BCUT2D eigenvalue weighted by Gasteiger charge is 2.41. The maximum atomic E-state index is 11.2. The monoisotopic (exact) mass is 512 g/mol. The molecule has 1 aliphatic carbocycles. The summed E-state index contributed by atoms with van der Waals surface area (Å²) in [5.74, 6) is 0.213. The number of aromatic carboxylic acids is 1. The molecule has 1 fully saturated rings. The van der Waals surface area contributed by atoms with Crippen LogP contribution in [0.3, 0.4) is 0 Å². The molecule has 0 spiro atoms. The number of aliphatic hydroxyl groups excluding tert-OH is 1. The molecule has 4 rings (SSSR count). The molecular formula is C29H37ClN2O4. The molecule has 194 valence electrons. The lowest BCUT2D eigenvalue weighted by Gasteiger charge is -2.46. The second-order valence-corrected chi connectivity index (χ2v) is 11.7. The van der Waals surface area contributed by atoms with Gasteiger partial charge in [0.1, 0.15) is 0 Å². The molecule has 1 unspecified atom stereocenters. The molecule has 0 radical (unpaired) electrons. The number of rotatable bonds is 7. The molecule has 0 amide bonds. The molecule has 2 aromatic carbocycles. The number of carbonyl (C=O) groups is 1. The first-order chi connectivity index (χ1) is 16.9. The van der Waals surface area contributed by atoms with Gasteiger partial charge in [0.05, 0.1) is 17.7 Å². The van der Waals surface area contributed by atoms with Crippen LogP contribution in [0.15, 0.2) is 54.2 Å². The largest absolute Gasteiger partial charge is 0.478 e. The van der Waals surface area contributed by atoms with Crippen LogP contribution in [0.5, 0.6) is 0 Å². The van der Waals surface area contributed by atoms with E-state index in [4.69, 9.17) is 16.3 Å². The normalized spacial score (nSPS) is 26.4. The van der Waals surface area contributed by atoms with Crippen molar-refractivity contribution in [1.29, 1.82) is 0 Å². The van der Waals surface area contributed by atoms with Crippen molar-refractivity contribution in [3.63, 3.8) is 0 Å². The molecule has 0 saturated heterocycles. The standard InChI is InChI=1S/C29H37ClN2O4/c1-28(2,3)22-14-19(15-22)24-11-8-20(16-25(24)30)29(4)21(12-13-36-5)17-32(27(35)31-29)23-9-6-18(7-10-23)26(33)34/h6-11,16-17,19,22,27,31,35H,12-15H2,1-5H3,(H,33,34)/t19-,22+,27?,29-/m0/s1. The lowest BCUT2D eigenvalue weighted by molar-refractivity contribution is 0.0697. The van der Waals surface area contributed by atoms with Crippen molar-refractivity contribution in [2.75, 3.05) is 18.6 Å². The number of nitrogens with zero attached hydrogens (tertiary/aromatic N) is 1. The molecule has 2 aliphatic rings. The van der Waals surface area contributed by atoms with Gasteiger partial charge < -0.3 is 19.8 Å². The summed E-state index contributed by atoms with van der Waals surface area (Å²) in [5.41, 5.74) is 3.74. The van der Waals surface area contributed by atoms with Gasteiger partial charge in [-0.1, -0.05) is 44.5 Å². The highest BCUT2D eigenvalue weighted by molar-refractivity contribution is 6.31. The molecule has 1 heterocycles. The second kappa shape index (κ2) is 10.2. The van der Waals surface area contributed by atoms with Crippen LogP contribution in [0.4, 0.5) is 5.69 Å². The average molecular weight is 513 g/mol. The van der Waals surface area contributed by atoms with E-state index in [0.29, 0.717) is 36.0 Å². The van der Waals surface area contributed by atoms with E-state index in [2.05, 4.69) is 38.2 Å². The molecule has 2 aromatic rings. The van der Waals surface area contributed by atoms with Crippen molar-refractivity contribution in [3.8, 4) is 0 Å². The van der Waals surface area contributed by atoms with Crippen LogP contribution < -0.4 is 10.2 Å². The summed E-state index contributed by atoms with van der Waals surface area (Å²) in [5, 5.41) is 24.4. The number of aliphatic hydroxyl groups is 1. The molecule has 7 heteroatoms. The van der Waals surface area contributed by atoms with E-state index in [9.17, 15) is 15.0 Å². The SMILES string of the molecule is COCCC1=CN(c2ccc(C(=O)O)cc2)C(O)N[C@@]1(C)c1ccc([C@H]2C[C@@H](C(C)(C)C)C2)c(Cl)c1. The molecule has 6 nitrogen and oxygen atoms in total. The van der Waals surface area contributed by atoms with Crippen molar-refractivity contribution < 1.29 is 19.7 Å². The zero-order valence-electron chi connectivity index (χ0n) is 21.7. The van der Waals surface area contributed by atoms with E-state index in [1.165, 1.54) is 17.7 Å². The van der Waals surface area contributed by atoms with Crippen LogP contribution >= 0.6 is 11.6 Å². The highest BCUT2D eigenvalue weighted by atomic mass is 35.5. The summed E-state index contributed by atoms with van der Waals surface area (Å²) in [6.07, 6.45) is 3.87. The van der Waals surface area contributed by atoms with Crippen molar-refractivity contribution in [3.05, 3.63) is 76.0 Å². The number of benzene rings is 2. The molecule has 1 aliphatic heterocycles. The Balaban J connectivity index is 1.63. The third kappa shape index (κ3) is 5.18. The average Bonchev–Trinajstić information content (AvgIpc) is 2.77. The van der Waals surface area contributed by atoms with Crippen molar-refractivity contribution >= 4 is 23.3 Å². The van der Waals surface area contributed by atoms with Crippen LogP contribution in [0.2, 0.25) is 5.02 Å². The summed E-state index contributed by atoms with van der Waals surface area (Å²) < 4.78 is 5.38. The number of methoxy groups -OCH3 is 1. The van der Waals surface area contributed by atoms with E-state index in [-0.39, 0.29) is 5.56 Å². The van der Waals surface area contributed by atoms with E-state index in [1.54, 1.807) is 24.1 Å². The number of carboxylic acid groups (broad SMARTS) is 1. The maximum absolute atomic E-state index is 11.2. The second-order valence-electron chi connectivity index (χ2n) is 11.3.